The molecule has 1 aromatic heterocycles. The second-order valence-corrected chi connectivity index (χ2v) is 4.03. The number of alkyl halides is 1. The van der Waals surface area contributed by atoms with E-state index < -0.39 is 0 Å². The number of nitrogens with one attached hydrogen (secondary N) is 1. The van der Waals surface area contributed by atoms with Crippen molar-refractivity contribution in [3.63, 3.8) is 0 Å². The smallest absolute Gasteiger partial charge is 0.0653 e. The van der Waals surface area contributed by atoms with E-state index >= 15 is 0 Å². The molecule has 0 amide bonds. The Morgan fingerprint density at radius 2 is 2.33 bits per heavy atom. The summed E-state index contributed by atoms with van der Waals surface area (Å²) in [5, 5.41) is 3.30. The van der Waals surface area contributed by atoms with Crippen LogP contribution in [0.3, 0.4) is 0 Å². The normalized spacial score (nSPS) is 16.3. The Kier molecular flexibility index (Phi) is 3.39. The number of aryl methyl sites for hydroxylation is 1. The van der Waals surface area contributed by atoms with Crippen LogP contribution in [0.5, 0.6) is 0 Å². The highest BCUT2D eigenvalue weighted by atomic mass is 35.5. The van der Waals surface area contributed by atoms with Gasteiger partial charge in [0.05, 0.1) is 11.6 Å². The zero-order valence-electron chi connectivity index (χ0n) is 8.89. The van der Waals surface area contributed by atoms with Gasteiger partial charge in [-0.3, -0.25) is 4.98 Å². The summed E-state index contributed by atoms with van der Waals surface area (Å²) in [7, 11) is 0. The third kappa shape index (κ3) is 2.39. The molecule has 0 spiro atoms. The van der Waals surface area contributed by atoms with Gasteiger partial charge in [-0.2, -0.15) is 0 Å². The summed E-state index contributed by atoms with van der Waals surface area (Å²) in [6.45, 7) is 3.99. The molecule has 0 atom stereocenters. The summed E-state index contributed by atoms with van der Waals surface area (Å²) < 4.78 is 0. The molecule has 3 heteroatoms. The fourth-order valence-corrected chi connectivity index (χ4v) is 2.08. The van der Waals surface area contributed by atoms with Crippen LogP contribution in [0.15, 0.2) is 18.2 Å². The van der Waals surface area contributed by atoms with E-state index in [1.807, 2.05) is 13.0 Å². The fourth-order valence-electron chi connectivity index (χ4n) is 1.87. The number of rotatable bonds is 2. The zero-order chi connectivity index (χ0) is 10.7. The van der Waals surface area contributed by atoms with Crippen LogP contribution >= 0.6 is 11.6 Å². The number of pyridine rings is 1. The Bertz CT molecular complexity index is 385. The van der Waals surface area contributed by atoms with Crippen LogP contribution < -0.4 is 5.32 Å². The lowest BCUT2D eigenvalue weighted by atomic mass is 9.99. The highest BCUT2D eigenvalue weighted by molar-refractivity contribution is 6.17. The standard InChI is InChI=1S/C12H15ClN2/c1-9-2-3-11(12(8-13)15-9)10-4-6-14-7-5-10/h2-4,14H,5-8H2,1H3. The van der Waals surface area contributed by atoms with Crippen LogP contribution in [-0.4, -0.2) is 18.1 Å². The molecule has 80 valence electrons. The minimum atomic E-state index is 0.488. The predicted octanol–water partition coefficient (Wildman–Crippen LogP) is 2.51. The van der Waals surface area contributed by atoms with Gasteiger partial charge >= 0.3 is 0 Å². The van der Waals surface area contributed by atoms with Gasteiger partial charge in [-0.05, 0) is 31.5 Å². The van der Waals surface area contributed by atoms with E-state index in [1.165, 1.54) is 11.1 Å². The van der Waals surface area contributed by atoms with Crippen molar-refractivity contribution in [2.24, 2.45) is 0 Å². The molecule has 2 rings (SSSR count). The molecule has 0 saturated heterocycles. The second-order valence-electron chi connectivity index (χ2n) is 3.76. The molecule has 1 aromatic rings. The minimum absolute atomic E-state index is 0.488. The van der Waals surface area contributed by atoms with Crippen molar-refractivity contribution in [3.8, 4) is 0 Å². The third-order valence-corrected chi connectivity index (χ3v) is 2.90. The Balaban J connectivity index is 2.38. The first kappa shape index (κ1) is 10.7. The molecule has 1 N–H and O–H groups in total. The van der Waals surface area contributed by atoms with Crippen molar-refractivity contribution >= 4 is 17.2 Å². The molecular weight excluding hydrogens is 208 g/mol. The molecular formula is C12H15ClN2. The van der Waals surface area contributed by atoms with Crippen molar-refractivity contribution in [2.75, 3.05) is 13.1 Å². The molecule has 0 bridgehead atoms. The molecule has 2 nitrogen and oxygen atoms in total. The maximum Gasteiger partial charge on any atom is 0.0653 e. The molecule has 15 heavy (non-hydrogen) atoms. The Morgan fingerprint density at radius 1 is 1.47 bits per heavy atom. The molecule has 0 aromatic carbocycles. The van der Waals surface area contributed by atoms with E-state index in [0.29, 0.717) is 5.88 Å². The molecule has 0 radical (unpaired) electrons. The molecule has 1 aliphatic heterocycles. The Hall–Kier alpha value is -0.860. The number of hydrogen-bond acceptors (Lipinski definition) is 2. The van der Waals surface area contributed by atoms with Crippen LogP contribution in [0.1, 0.15) is 23.4 Å². The van der Waals surface area contributed by atoms with Crippen LogP contribution in [0.25, 0.3) is 5.57 Å². The first-order chi connectivity index (χ1) is 7.31. The first-order valence-electron chi connectivity index (χ1n) is 5.24. The van der Waals surface area contributed by atoms with Crippen LogP contribution in [-0.2, 0) is 5.88 Å². The highest BCUT2D eigenvalue weighted by Crippen LogP contribution is 2.23. The van der Waals surface area contributed by atoms with Crippen molar-refractivity contribution in [1.29, 1.82) is 0 Å². The van der Waals surface area contributed by atoms with Gasteiger partial charge in [0.2, 0.25) is 0 Å². The summed E-state index contributed by atoms with van der Waals surface area (Å²) in [5.41, 5.74) is 4.63. The lowest BCUT2D eigenvalue weighted by Crippen LogP contribution is -2.20. The molecule has 0 aliphatic carbocycles. The number of hydrogen-bond donors (Lipinski definition) is 1. The Labute approximate surface area is 95.4 Å². The van der Waals surface area contributed by atoms with Gasteiger partial charge in [0.25, 0.3) is 0 Å². The van der Waals surface area contributed by atoms with Gasteiger partial charge < -0.3 is 5.32 Å². The van der Waals surface area contributed by atoms with Gasteiger partial charge in [-0.25, -0.2) is 0 Å². The highest BCUT2D eigenvalue weighted by Gasteiger charge is 2.10. The largest absolute Gasteiger partial charge is 0.313 e. The second kappa shape index (κ2) is 4.77. The SMILES string of the molecule is Cc1ccc(C2=CCNCC2)c(CCl)n1. The van der Waals surface area contributed by atoms with E-state index in [2.05, 4.69) is 22.4 Å². The topological polar surface area (TPSA) is 24.9 Å². The first-order valence-corrected chi connectivity index (χ1v) is 5.77. The lowest BCUT2D eigenvalue weighted by molar-refractivity contribution is 0.737. The van der Waals surface area contributed by atoms with Gasteiger partial charge in [-0.1, -0.05) is 12.1 Å². The van der Waals surface area contributed by atoms with Crippen LogP contribution in [0.4, 0.5) is 0 Å². The van der Waals surface area contributed by atoms with Crippen molar-refractivity contribution in [3.05, 3.63) is 35.2 Å². The lowest BCUT2D eigenvalue weighted by Gasteiger charge is -2.16. The van der Waals surface area contributed by atoms with Gasteiger partial charge in [0.1, 0.15) is 0 Å². The summed E-state index contributed by atoms with van der Waals surface area (Å²) in [5.74, 6) is 0.488. The van der Waals surface area contributed by atoms with Crippen LogP contribution in [0, 0.1) is 6.92 Å². The number of halogens is 1. The number of nitrogens with zero attached hydrogens (tertiary/aromatic N) is 1. The predicted molar refractivity (Wildman–Crippen MR) is 64.0 cm³/mol. The minimum Gasteiger partial charge on any atom is -0.313 e. The van der Waals surface area contributed by atoms with Crippen molar-refractivity contribution in [2.45, 2.75) is 19.2 Å². The average Bonchev–Trinajstić information content (AvgIpc) is 2.30. The molecule has 1 aliphatic rings. The molecule has 0 unspecified atom stereocenters. The van der Waals surface area contributed by atoms with E-state index in [0.717, 1.165) is 30.9 Å². The van der Waals surface area contributed by atoms with Gasteiger partial charge in [-0.15, -0.1) is 11.6 Å². The van der Waals surface area contributed by atoms with E-state index in [1.54, 1.807) is 0 Å². The summed E-state index contributed by atoms with van der Waals surface area (Å²) in [4.78, 5) is 4.47. The van der Waals surface area contributed by atoms with E-state index in [-0.39, 0.29) is 0 Å². The third-order valence-electron chi connectivity index (χ3n) is 2.65. The monoisotopic (exact) mass is 222 g/mol. The van der Waals surface area contributed by atoms with Gasteiger partial charge in [0.15, 0.2) is 0 Å². The average molecular weight is 223 g/mol. The Morgan fingerprint density at radius 3 is 3.00 bits per heavy atom. The summed E-state index contributed by atoms with van der Waals surface area (Å²) in [6.07, 6.45) is 3.29. The number of aromatic nitrogens is 1. The fraction of sp³-hybridized carbons (Fsp3) is 0.417. The zero-order valence-corrected chi connectivity index (χ0v) is 9.64. The summed E-state index contributed by atoms with van der Waals surface area (Å²) in [6, 6.07) is 4.19. The molecule has 0 fully saturated rings. The maximum absolute atomic E-state index is 5.92. The van der Waals surface area contributed by atoms with Crippen molar-refractivity contribution in [1.82, 2.24) is 10.3 Å². The molecule has 0 saturated carbocycles. The quantitative estimate of drug-likeness (QED) is 0.778. The van der Waals surface area contributed by atoms with Gasteiger partial charge in [0, 0.05) is 17.8 Å². The van der Waals surface area contributed by atoms with Crippen molar-refractivity contribution < 1.29 is 0 Å². The maximum atomic E-state index is 5.92. The summed E-state index contributed by atoms with van der Waals surface area (Å²) >= 11 is 5.92. The van der Waals surface area contributed by atoms with E-state index in [9.17, 15) is 0 Å². The van der Waals surface area contributed by atoms with E-state index in [4.69, 9.17) is 11.6 Å². The van der Waals surface area contributed by atoms with Crippen LogP contribution in [0.2, 0.25) is 0 Å². The molecule has 2 heterocycles.